The number of aryl methyl sites for hydroxylation is 1. The van der Waals surface area contributed by atoms with Gasteiger partial charge in [-0.25, -0.2) is 8.42 Å². The van der Waals surface area contributed by atoms with Gasteiger partial charge in [0.1, 0.15) is 17.2 Å². The maximum atomic E-state index is 12.4. The van der Waals surface area contributed by atoms with Gasteiger partial charge in [-0.15, -0.1) is 0 Å². The van der Waals surface area contributed by atoms with E-state index in [1.54, 1.807) is 48.5 Å². The molecule has 0 aliphatic carbocycles. The van der Waals surface area contributed by atoms with Gasteiger partial charge in [0.15, 0.2) is 6.61 Å². The molecular weight excluding hydrogens is 488 g/mol. The Morgan fingerprint density at radius 1 is 0.784 bits per heavy atom. The van der Waals surface area contributed by atoms with E-state index in [4.69, 9.17) is 9.47 Å². The quantitative estimate of drug-likeness (QED) is 0.289. The van der Waals surface area contributed by atoms with Crippen LogP contribution in [0.5, 0.6) is 17.2 Å². The number of nitrogens with zero attached hydrogens (tertiary/aromatic N) is 1. The minimum absolute atomic E-state index is 0.194. The third kappa shape index (κ3) is 7.59. The van der Waals surface area contributed by atoms with Crippen LogP contribution in [0, 0.1) is 6.92 Å². The normalized spacial score (nSPS) is 11.0. The fourth-order valence-electron chi connectivity index (χ4n) is 3.54. The molecule has 4 rings (SSSR count). The summed E-state index contributed by atoms with van der Waals surface area (Å²) in [6, 6.07) is 30.8. The van der Waals surface area contributed by atoms with E-state index in [1.807, 2.05) is 61.5 Å². The monoisotopic (exact) mass is 516 g/mol. The summed E-state index contributed by atoms with van der Waals surface area (Å²) in [5, 5.41) is 2.78. The fraction of sp³-hybridized carbons (Fsp3) is 0.138. The van der Waals surface area contributed by atoms with Crippen molar-refractivity contribution in [2.45, 2.75) is 13.5 Å². The van der Waals surface area contributed by atoms with Gasteiger partial charge in [0.2, 0.25) is 10.0 Å². The van der Waals surface area contributed by atoms with Crippen molar-refractivity contribution in [3.05, 3.63) is 114 Å². The van der Waals surface area contributed by atoms with Gasteiger partial charge in [-0.1, -0.05) is 48.0 Å². The average Bonchev–Trinajstić information content (AvgIpc) is 2.89. The number of rotatable bonds is 10. The molecule has 0 spiro atoms. The standard InChI is InChI=1S/C29H28N2O5S/c1-22-8-10-23(11-9-22)20-31(37(2,33)34)25-14-18-26(19-15-25)35-21-29(32)30-24-12-16-28(17-13-24)36-27-6-4-3-5-7-27/h3-19H,20-21H2,1-2H3,(H,30,32). The number of carbonyl (C=O) groups excluding carboxylic acids is 1. The molecule has 0 heterocycles. The summed E-state index contributed by atoms with van der Waals surface area (Å²) in [5.41, 5.74) is 3.11. The zero-order chi connectivity index (χ0) is 26.3. The third-order valence-electron chi connectivity index (χ3n) is 5.46. The van der Waals surface area contributed by atoms with Crippen LogP contribution in [-0.2, 0) is 21.4 Å². The second-order valence-corrected chi connectivity index (χ2v) is 10.4. The lowest BCUT2D eigenvalue weighted by atomic mass is 10.1. The van der Waals surface area contributed by atoms with E-state index in [0.29, 0.717) is 22.9 Å². The van der Waals surface area contributed by atoms with E-state index in [2.05, 4.69) is 5.32 Å². The lowest BCUT2D eigenvalue weighted by molar-refractivity contribution is -0.118. The molecule has 0 saturated carbocycles. The van der Waals surface area contributed by atoms with Crippen molar-refractivity contribution < 1.29 is 22.7 Å². The van der Waals surface area contributed by atoms with Gasteiger partial charge in [-0.05, 0) is 73.2 Å². The summed E-state index contributed by atoms with van der Waals surface area (Å²) in [4.78, 5) is 12.3. The van der Waals surface area contributed by atoms with Gasteiger partial charge >= 0.3 is 0 Å². The molecule has 0 bridgehead atoms. The molecule has 0 unspecified atom stereocenters. The Balaban J connectivity index is 1.31. The number of hydrogen-bond donors (Lipinski definition) is 1. The third-order valence-corrected chi connectivity index (χ3v) is 6.60. The van der Waals surface area contributed by atoms with Crippen molar-refractivity contribution in [2.24, 2.45) is 0 Å². The Bertz CT molecular complexity index is 1420. The first-order valence-corrected chi connectivity index (χ1v) is 13.5. The van der Waals surface area contributed by atoms with Gasteiger partial charge in [-0.2, -0.15) is 0 Å². The Hall–Kier alpha value is -4.30. The Kier molecular flexibility index (Phi) is 8.10. The molecule has 0 fully saturated rings. The number of para-hydroxylation sites is 1. The Labute approximate surface area is 217 Å². The molecule has 0 saturated heterocycles. The smallest absolute Gasteiger partial charge is 0.262 e. The van der Waals surface area contributed by atoms with Crippen LogP contribution in [0.1, 0.15) is 11.1 Å². The molecule has 0 atom stereocenters. The summed E-state index contributed by atoms with van der Waals surface area (Å²) in [6.07, 6.45) is 1.18. The van der Waals surface area contributed by atoms with Crippen molar-refractivity contribution in [3.8, 4) is 17.2 Å². The number of benzene rings is 4. The molecular formula is C29H28N2O5S. The van der Waals surface area contributed by atoms with Crippen molar-refractivity contribution >= 4 is 27.3 Å². The number of nitrogens with one attached hydrogen (secondary N) is 1. The minimum atomic E-state index is -3.50. The molecule has 4 aromatic carbocycles. The highest BCUT2D eigenvalue weighted by atomic mass is 32.2. The molecule has 1 N–H and O–H groups in total. The van der Waals surface area contributed by atoms with Crippen molar-refractivity contribution in [2.75, 3.05) is 22.5 Å². The summed E-state index contributed by atoms with van der Waals surface area (Å²) in [7, 11) is -3.50. The van der Waals surface area contributed by atoms with E-state index < -0.39 is 10.0 Å². The molecule has 0 aliphatic heterocycles. The van der Waals surface area contributed by atoms with Crippen molar-refractivity contribution in [3.63, 3.8) is 0 Å². The van der Waals surface area contributed by atoms with Crippen molar-refractivity contribution in [1.82, 2.24) is 0 Å². The summed E-state index contributed by atoms with van der Waals surface area (Å²) >= 11 is 0. The lowest BCUT2D eigenvalue weighted by Gasteiger charge is -2.23. The van der Waals surface area contributed by atoms with Crippen LogP contribution < -0.4 is 19.1 Å². The number of anilines is 2. The van der Waals surface area contributed by atoms with Crippen LogP contribution in [0.15, 0.2) is 103 Å². The molecule has 8 heteroatoms. The largest absolute Gasteiger partial charge is 0.484 e. The van der Waals surface area contributed by atoms with Crippen LogP contribution in [0.3, 0.4) is 0 Å². The number of carbonyl (C=O) groups is 1. The first-order chi connectivity index (χ1) is 17.8. The SMILES string of the molecule is Cc1ccc(CN(c2ccc(OCC(=O)Nc3ccc(Oc4ccccc4)cc3)cc2)S(C)(=O)=O)cc1. The second kappa shape index (κ2) is 11.6. The first kappa shape index (κ1) is 25.8. The van der Waals surface area contributed by atoms with Crippen molar-refractivity contribution in [1.29, 1.82) is 0 Å². The highest BCUT2D eigenvalue weighted by Gasteiger charge is 2.18. The van der Waals surface area contributed by atoms with Gasteiger partial charge in [0.05, 0.1) is 18.5 Å². The van der Waals surface area contributed by atoms with Crippen LogP contribution in [0.25, 0.3) is 0 Å². The fourth-order valence-corrected chi connectivity index (χ4v) is 4.43. The topological polar surface area (TPSA) is 84.9 Å². The molecule has 7 nitrogen and oxygen atoms in total. The number of ether oxygens (including phenoxy) is 2. The zero-order valence-corrected chi connectivity index (χ0v) is 21.4. The van der Waals surface area contributed by atoms with Crippen LogP contribution in [0.4, 0.5) is 11.4 Å². The minimum Gasteiger partial charge on any atom is -0.484 e. The summed E-state index contributed by atoms with van der Waals surface area (Å²) < 4.78 is 37.5. The highest BCUT2D eigenvalue weighted by molar-refractivity contribution is 7.92. The predicted octanol–water partition coefficient (Wildman–Crippen LogP) is 5.77. The number of sulfonamides is 1. The van der Waals surface area contributed by atoms with Gasteiger partial charge in [-0.3, -0.25) is 9.10 Å². The molecule has 0 aliphatic rings. The Morgan fingerprint density at radius 3 is 2.00 bits per heavy atom. The lowest BCUT2D eigenvalue weighted by Crippen LogP contribution is -2.29. The second-order valence-electron chi connectivity index (χ2n) is 8.53. The number of amides is 1. The van der Waals surface area contributed by atoms with Crippen LogP contribution in [-0.4, -0.2) is 27.2 Å². The van der Waals surface area contributed by atoms with E-state index >= 15 is 0 Å². The predicted molar refractivity (Wildman–Crippen MR) is 146 cm³/mol. The maximum Gasteiger partial charge on any atom is 0.262 e. The Morgan fingerprint density at radius 2 is 1.38 bits per heavy atom. The first-order valence-electron chi connectivity index (χ1n) is 11.7. The molecule has 4 aromatic rings. The summed E-state index contributed by atoms with van der Waals surface area (Å²) in [5.74, 6) is 1.52. The molecule has 0 aromatic heterocycles. The average molecular weight is 517 g/mol. The summed E-state index contributed by atoms with van der Waals surface area (Å²) in [6.45, 7) is 2.01. The molecule has 0 radical (unpaired) electrons. The van der Waals surface area contributed by atoms with E-state index in [-0.39, 0.29) is 19.1 Å². The van der Waals surface area contributed by atoms with Crippen LogP contribution in [0.2, 0.25) is 0 Å². The van der Waals surface area contributed by atoms with Crippen LogP contribution >= 0.6 is 0 Å². The van der Waals surface area contributed by atoms with Gasteiger partial charge in [0.25, 0.3) is 5.91 Å². The van der Waals surface area contributed by atoms with Gasteiger partial charge in [0, 0.05) is 5.69 Å². The highest BCUT2D eigenvalue weighted by Crippen LogP contribution is 2.25. The molecule has 37 heavy (non-hydrogen) atoms. The maximum absolute atomic E-state index is 12.4. The van der Waals surface area contributed by atoms with E-state index in [1.165, 1.54) is 10.6 Å². The molecule has 1 amide bonds. The zero-order valence-electron chi connectivity index (χ0n) is 20.6. The number of hydrogen-bond acceptors (Lipinski definition) is 5. The van der Waals surface area contributed by atoms with E-state index in [9.17, 15) is 13.2 Å². The van der Waals surface area contributed by atoms with Gasteiger partial charge < -0.3 is 14.8 Å². The van der Waals surface area contributed by atoms with E-state index in [0.717, 1.165) is 16.9 Å². The molecule has 190 valence electrons.